The molecular weight excluding hydrogens is 377 g/mol. The molecule has 144 valence electrons. The second kappa shape index (κ2) is 20.8. The minimum Gasteiger partial charge on any atom is -1.00 e. The van der Waals surface area contributed by atoms with Gasteiger partial charge in [-0.15, -0.1) is 0 Å². The van der Waals surface area contributed by atoms with E-state index in [-0.39, 0.29) is 42.0 Å². The predicted octanol–water partition coefficient (Wildman–Crippen LogP) is -1.65. The van der Waals surface area contributed by atoms with Crippen molar-refractivity contribution in [1.82, 2.24) is 0 Å². The van der Waals surface area contributed by atoms with Gasteiger partial charge in [-0.25, -0.2) is 4.21 Å². The summed E-state index contributed by atoms with van der Waals surface area (Å²) in [6.45, 7) is 15.0. The molecule has 24 heavy (non-hydrogen) atoms. The summed E-state index contributed by atoms with van der Waals surface area (Å²) in [7, 11) is -4.08. The van der Waals surface area contributed by atoms with E-state index in [4.69, 9.17) is 13.3 Å². The predicted molar refractivity (Wildman–Crippen MR) is 98.3 cm³/mol. The Hall–Kier alpha value is 1.54. The number of rotatable bonds is 12. The van der Waals surface area contributed by atoms with Gasteiger partial charge < -0.3 is 26.0 Å². The number of unbranched alkanes of at least 4 members (excludes halogenated alkanes) is 4. The first-order valence-electron chi connectivity index (χ1n) is 8.78. The molecule has 0 saturated heterocycles. The molecule has 0 aromatic rings. The molecule has 0 aromatic heterocycles. The number of quaternary nitrogens is 1. The van der Waals surface area contributed by atoms with Crippen molar-refractivity contribution in [3.8, 4) is 0 Å². The fourth-order valence-electron chi connectivity index (χ4n) is 2.64. The SMILES string of the molecule is CCCC[N+](CCCC)(CCCC)CCCC.O=S([O-])(O)=S.[Cl-].[Na+]. The van der Waals surface area contributed by atoms with Crippen LogP contribution in [0.5, 0.6) is 0 Å². The van der Waals surface area contributed by atoms with Gasteiger partial charge in [0.05, 0.1) is 35.2 Å². The van der Waals surface area contributed by atoms with Crippen molar-refractivity contribution in [2.75, 3.05) is 26.2 Å². The van der Waals surface area contributed by atoms with E-state index >= 15 is 0 Å². The Balaban J connectivity index is -0.000000250. The molecule has 0 aliphatic heterocycles. The molecule has 0 amide bonds. The fourth-order valence-corrected chi connectivity index (χ4v) is 2.64. The van der Waals surface area contributed by atoms with E-state index in [0.29, 0.717) is 0 Å². The maximum absolute atomic E-state index is 9.00. The molecule has 0 aromatic carbocycles. The van der Waals surface area contributed by atoms with Crippen molar-refractivity contribution in [2.24, 2.45) is 0 Å². The van der Waals surface area contributed by atoms with Crippen LogP contribution in [0, 0.1) is 0 Å². The molecule has 4 nitrogen and oxygen atoms in total. The van der Waals surface area contributed by atoms with Crippen LogP contribution in [-0.4, -0.2) is 44.0 Å². The minimum atomic E-state index is -4.08. The monoisotopic (exact) mass is 413 g/mol. The second-order valence-electron chi connectivity index (χ2n) is 6.08. The summed E-state index contributed by atoms with van der Waals surface area (Å²) in [5, 5.41) is 0. The minimum absolute atomic E-state index is 0. The van der Waals surface area contributed by atoms with Gasteiger partial charge in [0.15, 0.2) is 0 Å². The molecule has 1 atom stereocenters. The van der Waals surface area contributed by atoms with Crippen molar-refractivity contribution in [3.05, 3.63) is 0 Å². The Kier molecular flexibility index (Phi) is 28.8. The largest absolute Gasteiger partial charge is 1.00 e. The topological polar surface area (TPSA) is 60.4 Å². The first kappa shape index (κ1) is 33.1. The zero-order chi connectivity index (χ0) is 17.5. The molecule has 0 aliphatic rings. The normalized spacial score (nSPS) is 12.9. The molecule has 0 aliphatic carbocycles. The van der Waals surface area contributed by atoms with Gasteiger partial charge in [0.1, 0.15) is 0 Å². The van der Waals surface area contributed by atoms with Crippen LogP contribution in [0.1, 0.15) is 79.1 Å². The zero-order valence-electron chi connectivity index (χ0n) is 16.4. The van der Waals surface area contributed by atoms with E-state index in [1.54, 1.807) is 0 Å². The third-order valence-electron chi connectivity index (χ3n) is 3.94. The van der Waals surface area contributed by atoms with Crippen LogP contribution in [0.2, 0.25) is 0 Å². The Morgan fingerprint density at radius 2 is 1.00 bits per heavy atom. The molecular formula is C16H37ClNNaO3S2. The van der Waals surface area contributed by atoms with Gasteiger partial charge in [-0.05, 0) is 36.9 Å². The maximum Gasteiger partial charge on any atom is 1.00 e. The van der Waals surface area contributed by atoms with E-state index in [1.165, 1.54) is 82.0 Å². The average molecular weight is 414 g/mol. The van der Waals surface area contributed by atoms with Crippen LogP contribution in [0.15, 0.2) is 0 Å². The van der Waals surface area contributed by atoms with Gasteiger partial charge >= 0.3 is 29.6 Å². The Morgan fingerprint density at radius 3 is 1.12 bits per heavy atom. The summed E-state index contributed by atoms with van der Waals surface area (Å²) >= 11 is 3.35. The molecule has 8 heteroatoms. The van der Waals surface area contributed by atoms with Gasteiger partial charge in [0, 0.05) is 0 Å². The Bertz CT molecular complexity index is 299. The van der Waals surface area contributed by atoms with Crippen LogP contribution in [0.3, 0.4) is 0 Å². The zero-order valence-corrected chi connectivity index (χ0v) is 20.8. The molecule has 0 radical (unpaired) electrons. The summed E-state index contributed by atoms with van der Waals surface area (Å²) < 4.78 is 26.7. The molecule has 1 unspecified atom stereocenters. The van der Waals surface area contributed by atoms with Crippen molar-refractivity contribution in [3.63, 3.8) is 0 Å². The number of hydrogen-bond donors (Lipinski definition) is 1. The Labute approximate surface area is 184 Å². The van der Waals surface area contributed by atoms with Gasteiger partial charge in [-0.2, -0.15) is 0 Å². The molecule has 0 spiro atoms. The van der Waals surface area contributed by atoms with Crippen LogP contribution in [-0.2, 0) is 20.2 Å². The van der Waals surface area contributed by atoms with Gasteiger partial charge in [0.2, 0.25) is 0 Å². The standard InChI is InChI=1S/C16H36N.ClH.Na.H2O3S2/c1-5-9-13-17(14-10-6-2,15-11-7-3)16-12-8-4;;;1-5(2,3)4/h5-16H2,1-4H3;1H;;(H2,1,2,3,4)/q+1;;+1;/p-2. The van der Waals surface area contributed by atoms with Crippen molar-refractivity contribution >= 4 is 20.2 Å². The molecule has 0 bridgehead atoms. The molecule has 0 fully saturated rings. The summed E-state index contributed by atoms with van der Waals surface area (Å²) in [5.41, 5.74) is 0. The number of hydrogen-bond acceptors (Lipinski definition) is 3. The summed E-state index contributed by atoms with van der Waals surface area (Å²) in [6.07, 6.45) is 11.1. The Morgan fingerprint density at radius 1 is 0.833 bits per heavy atom. The molecule has 1 N–H and O–H groups in total. The quantitative estimate of drug-likeness (QED) is 0.307. The van der Waals surface area contributed by atoms with Gasteiger partial charge in [-0.3, -0.25) is 0 Å². The molecule has 0 rings (SSSR count). The molecule has 0 saturated carbocycles. The van der Waals surface area contributed by atoms with E-state index in [9.17, 15) is 0 Å². The van der Waals surface area contributed by atoms with Gasteiger partial charge in [0.25, 0.3) is 0 Å². The number of halogens is 1. The maximum atomic E-state index is 9.00. The smallest absolute Gasteiger partial charge is 1.00 e. The van der Waals surface area contributed by atoms with Gasteiger partial charge in [-0.1, -0.05) is 53.4 Å². The molecule has 0 heterocycles. The van der Waals surface area contributed by atoms with Crippen molar-refractivity contribution in [2.45, 2.75) is 79.1 Å². The second-order valence-corrected chi connectivity index (χ2v) is 8.20. The van der Waals surface area contributed by atoms with Crippen molar-refractivity contribution < 1.29 is 59.8 Å². The summed E-state index contributed by atoms with van der Waals surface area (Å²) in [4.78, 5) is 0. The third-order valence-corrected chi connectivity index (χ3v) is 3.94. The average Bonchev–Trinajstić information content (AvgIpc) is 2.44. The van der Waals surface area contributed by atoms with Crippen LogP contribution in [0.4, 0.5) is 0 Å². The van der Waals surface area contributed by atoms with E-state index in [1.807, 2.05) is 0 Å². The van der Waals surface area contributed by atoms with Crippen LogP contribution in [0.25, 0.3) is 0 Å². The summed E-state index contributed by atoms with van der Waals surface area (Å²) in [5.74, 6) is 0. The third kappa shape index (κ3) is 25.8. The first-order valence-corrected chi connectivity index (χ1v) is 11.1. The summed E-state index contributed by atoms with van der Waals surface area (Å²) in [6, 6.07) is 0. The number of nitrogens with zero attached hydrogens (tertiary/aromatic N) is 1. The van der Waals surface area contributed by atoms with Crippen LogP contribution < -0.4 is 42.0 Å². The van der Waals surface area contributed by atoms with E-state index < -0.39 is 9.05 Å². The van der Waals surface area contributed by atoms with Crippen molar-refractivity contribution in [1.29, 1.82) is 0 Å². The van der Waals surface area contributed by atoms with E-state index in [0.717, 1.165) is 0 Å². The van der Waals surface area contributed by atoms with E-state index in [2.05, 4.69) is 38.9 Å². The van der Waals surface area contributed by atoms with Crippen LogP contribution >= 0.6 is 0 Å². The fraction of sp³-hybridized carbons (Fsp3) is 1.00. The first-order chi connectivity index (χ1) is 10.2.